The molecule has 0 saturated heterocycles. The van der Waals surface area contributed by atoms with Gasteiger partial charge in [-0.25, -0.2) is 15.0 Å². The number of rotatable bonds is 3. The highest BCUT2D eigenvalue weighted by atomic mass is 35.5. The Balaban J connectivity index is 2.31. The van der Waals surface area contributed by atoms with Crippen molar-refractivity contribution in [2.75, 3.05) is 5.32 Å². The van der Waals surface area contributed by atoms with Crippen LogP contribution >= 0.6 is 11.6 Å². The summed E-state index contributed by atoms with van der Waals surface area (Å²) in [5.74, 6) is 0.815. The standard InChI is InChI=1S/C10H9ClN4O2/c11-7-8(10(16)17)13-5-14-9(7)15-6-3-1-2-4-12-6/h1-5,10,16-17H,(H,12,13,14,15). The summed E-state index contributed by atoms with van der Waals surface area (Å²) >= 11 is 5.92. The van der Waals surface area contributed by atoms with Crippen LogP contribution in [0.15, 0.2) is 30.7 Å². The van der Waals surface area contributed by atoms with Crippen LogP contribution in [0.25, 0.3) is 0 Å². The van der Waals surface area contributed by atoms with Crippen LogP contribution < -0.4 is 5.32 Å². The van der Waals surface area contributed by atoms with E-state index in [0.717, 1.165) is 0 Å². The summed E-state index contributed by atoms with van der Waals surface area (Å²) in [6, 6.07) is 5.30. The van der Waals surface area contributed by atoms with Crippen molar-refractivity contribution in [3.63, 3.8) is 0 Å². The molecule has 2 heterocycles. The number of aliphatic hydroxyl groups is 2. The van der Waals surface area contributed by atoms with Crippen molar-refractivity contribution in [3.8, 4) is 0 Å². The van der Waals surface area contributed by atoms with Crippen LogP contribution in [0.5, 0.6) is 0 Å². The number of nitrogens with one attached hydrogen (secondary N) is 1. The minimum Gasteiger partial charge on any atom is -0.363 e. The van der Waals surface area contributed by atoms with Crippen molar-refractivity contribution in [1.82, 2.24) is 15.0 Å². The molecule has 7 heteroatoms. The van der Waals surface area contributed by atoms with Gasteiger partial charge in [0.05, 0.1) is 0 Å². The molecule has 0 amide bonds. The first-order valence-electron chi connectivity index (χ1n) is 4.73. The Morgan fingerprint density at radius 2 is 2.00 bits per heavy atom. The lowest BCUT2D eigenvalue weighted by atomic mass is 10.3. The molecule has 0 radical (unpaired) electrons. The van der Waals surface area contributed by atoms with E-state index in [1.54, 1.807) is 24.4 Å². The monoisotopic (exact) mass is 252 g/mol. The van der Waals surface area contributed by atoms with Crippen molar-refractivity contribution in [1.29, 1.82) is 0 Å². The zero-order chi connectivity index (χ0) is 12.3. The maximum Gasteiger partial charge on any atom is 0.197 e. The summed E-state index contributed by atoms with van der Waals surface area (Å²) in [6.07, 6.45) is 1.06. The molecule has 0 aromatic carbocycles. The summed E-state index contributed by atoms with van der Waals surface area (Å²) in [4.78, 5) is 11.6. The van der Waals surface area contributed by atoms with E-state index < -0.39 is 6.29 Å². The molecule has 0 aliphatic heterocycles. The largest absolute Gasteiger partial charge is 0.363 e. The van der Waals surface area contributed by atoms with Gasteiger partial charge in [0.1, 0.15) is 22.9 Å². The van der Waals surface area contributed by atoms with Gasteiger partial charge < -0.3 is 15.5 Å². The Labute approximate surface area is 102 Å². The number of aliphatic hydroxyl groups excluding tert-OH is 1. The van der Waals surface area contributed by atoms with E-state index in [0.29, 0.717) is 5.82 Å². The molecule has 2 aromatic heterocycles. The van der Waals surface area contributed by atoms with Gasteiger partial charge >= 0.3 is 0 Å². The topological polar surface area (TPSA) is 91.2 Å². The highest BCUT2D eigenvalue weighted by Gasteiger charge is 2.14. The van der Waals surface area contributed by atoms with E-state index in [2.05, 4.69) is 20.3 Å². The highest BCUT2D eigenvalue weighted by molar-refractivity contribution is 6.33. The first-order chi connectivity index (χ1) is 8.18. The fourth-order valence-corrected chi connectivity index (χ4v) is 1.45. The number of anilines is 2. The third kappa shape index (κ3) is 2.68. The molecule has 0 spiro atoms. The van der Waals surface area contributed by atoms with Gasteiger partial charge in [-0.1, -0.05) is 17.7 Å². The molecule has 3 N–H and O–H groups in total. The fourth-order valence-electron chi connectivity index (χ4n) is 1.21. The summed E-state index contributed by atoms with van der Waals surface area (Å²) in [7, 11) is 0. The Morgan fingerprint density at radius 1 is 1.18 bits per heavy atom. The molecule has 2 aromatic rings. The Kier molecular flexibility index (Phi) is 3.48. The van der Waals surface area contributed by atoms with Crippen LogP contribution in [0.2, 0.25) is 5.02 Å². The molecule has 88 valence electrons. The maximum atomic E-state index is 9.03. The molecule has 0 unspecified atom stereocenters. The molecular formula is C10H9ClN4O2. The minimum absolute atomic E-state index is 0.0492. The second kappa shape index (κ2) is 5.05. The summed E-state index contributed by atoms with van der Waals surface area (Å²) in [6.45, 7) is 0. The first-order valence-corrected chi connectivity index (χ1v) is 5.11. The minimum atomic E-state index is -1.74. The molecule has 6 nitrogen and oxygen atoms in total. The third-order valence-electron chi connectivity index (χ3n) is 1.97. The fraction of sp³-hybridized carbons (Fsp3) is 0.100. The van der Waals surface area contributed by atoms with Crippen LogP contribution in [0.1, 0.15) is 12.0 Å². The van der Waals surface area contributed by atoms with Gasteiger partial charge in [0.25, 0.3) is 0 Å². The molecule has 0 atom stereocenters. The van der Waals surface area contributed by atoms with Crippen molar-refractivity contribution < 1.29 is 10.2 Å². The van der Waals surface area contributed by atoms with Gasteiger partial charge in [0.15, 0.2) is 12.1 Å². The molecule has 0 bridgehead atoms. The zero-order valence-corrected chi connectivity index (χ0v) is 9.33. The van der Waals surface area contributed by atoms with Gasteiger partial charge in [0.2, 0.25) is 0 Å². The van der Waals surface area contributed by atoms with E-state index in [4.69, 9.17) is 21.8 Å². The van der Waals surface area contributed by atoms with Gasteiger partial charge in [-0.15, -0.1) is 0 Å². The maximum absolute atomic E-state index is 9.03. The van der Waals surface area contributed by atoms with Gasteiger partial charge in [-0.3, -0.25) is 0 Å². The zero-order valence-electron chi connectivity index (χ0n) is 8.58. The summed E-state index contributed by atoms with van der Waals surface area (Å²) < 4.78 is 0. The lowest BCUT2D eigenvalue weighted by Crippen LogP contribution is -2.04. The quantitative estimate of drug-likeness (QED) is 0.712. The molecule has 0 saturated carbocycles. The molecule has 2 rings (SSSR count). The Bertz CT molecular complexity index is 507. The van der Waals surface area contributed by atoms with Gasteiger partial charge in [0, 0.05) is 6.20 Å². The predicted molar refractivity (Wildman–Crippen MR) is 61.7 cm³/mol. The van der Waals surface area contributed by atoms with E-state index in [1.807, 2.05) is 0 Å². The second-order valence-corrected chi connectivity index (χ2v) is 3.51. The highest BCUT2D eigenvalue weighted by Crippen LogP contribution is 2.27. The van der Waals surface area contributed by atoms with Crippen LogP contribution in [-0.2, 0) is 0 Å². The number of hydrogen-bond donors (Lipinski definition) is 3. The van der Waals surface area contributed by atoms with E-state index in [1.165, 1.54) is 6.33 Å². The number of hydrogen-bond acceptors (Lipinski definition) is 6. The third-order valence-corrected chi connectivity index (χ3v) is 2.35. The van der Waals surface area contributed by atoms with Crippen LogP contribution in [0.4, 0.5) is 11.6 Å². The number of pyridine rings is 1. The normalized spacial score (nSPS) is 10.6. The second-order valence-electron chi connectivity index (χ2n) is 3.14. The van der Waals surface area contributed by atoms with Crippen molar-refractivity contribution in [2.24, 2.45) is 0 Å². The SMILES string of the molecule is OC(O)c1ncnc(Nc2ccccn2)c1Cl. The van der Waals surface area contributed by atoms with Crippen molar-refractivity contribution in [3.05, 3.63) is 41.4 Å². The average Bonchev–Trinajstić information content (AvgIpc) is 2.33. The van der Waals surface area contributed by atoms with Crippen LogP contribution in [0.3, 0.4) is 0 Å². The predicted octanol–water partition coefficient (Wildman–Crippen LogP) is 1.25. The van der Waals surface area contributed by atoms with E-state index in [-0.39, 0.29) is 16.5 Å². The smallest absolute Gasteiger partial charge is 0.197 e. The van der Waals surface area contributed by atoms with E-state index in [9.17, 15) is 0 Å². The van der Waals surface area contributed by atoms with Crippen LogP contribution in [0, 0.1) is 0 Å². The molecular weight excluding hydrogens is 244 g/mol. The van der Waals surface area contributed by atoms with Crippen LogP contribution in [-0.4, -0.2) is 25.2 Å². The van der Waals surface area contributed by atoms with Gasteiger partial charge in [-0.05, 0) is 12.1 Å². The number of aromatic nitrogens is 3. The molecule has 0 fully saturated rings. The lowest BCUT2D eigenvalue weighted by molar-refractivity contribution is -0.0457. The average molecular weight is 253 g/mol. The Morgan fingerprint density at radius 3 is 2.65 bits per heavy atom. The van der Waals surface area contributed by atoms with Crippen molar-refractivity contribution in [2.45, 2.75) is 6.29 Å². The molecule has 0 aliphatic carbocycles. The summed E-state index contributed by atoms with van der Waals surface area (Å²) in [5, 5.41) is 21.0. The number of nitrogens with zero attached hydrogens (tertiary/aromatic N) is 3. The lowest BCUT2D eigenvalue weighted by Gasteiger charge is -2.09. The number of halogens is 1. The first kappa shape index (κ1) is 11.7. The Hall–Kier alpha value is -1.76. The van der Waals surface area contributed by atoms with Gasteiger partial charge in [-0.2, -0.15) is 0 Å². The molecule has 17 heavy (non-hydrogen) atoms. The van der Waals surface area contributed by atoms with Crippen molar-refractivity contribution >= 4 is 23.2 Å². The molecule has 0 aliphatic rings. The van der Waals surface area contributed by atoms with E-state index >= 15 is 0 Å². The summed E-state index contributed by atoms with van der Waals surface area (Å²) in [5.41, 5.74) is -0.0555.